The molecular weight excluding hydrogens is 288 g/mol. The smallest absolute Gasteiger partial charge is 0.267 e. The summed E-state index contributed by atoms with van der Waals surface area (Å²) in [5.74, 6) is 0.0102. The maximum atomic E-state index is 12.5. The molecule has 0 atom stereocenters. The minimum Gasteiger partial charge on any atom is -0.381 e. The van der Waals surface area contributed by atoms with Crippen molar-refractivity contribution < 1.29 is 8.42 Å². The first-order valence-corrected chi connectivity index (χ1v) is 8.31. The predicted octanol–water partition coefficient (Wildman–Crippen LogP) is 2.16. The molecule has 0 amide bonds. The highest BCUT2D eigenvalue weighted by atomic mass is 32.2. The third-order valence-corrected chi connectivity index (χ3v) is 4.71. The van der Waals surface area contributed by atoms with Gasteiger partial charge in [-0.15, -0.1) is 0 Å². The molecule has 0 aliphatic heterocycles. The molecule has 0 radical (unpaired) electrons. The quantitative estimate of drug-likeness (QED) is 0.885. The number of hydrogen-bond donors (Lipinski definition) is 2. The number of nitrogens with two attached hydrogens (primary N) is 1. The van der Waals surface area contributed by atoms with Crippen molar-refractivity contribution in [3.8, 4) is 0 Å². The first-order valence-electron chi connectivity index (χ1n) is 6.83. The summed E-state index contributed by atoms with van der Waals surface area (Å²) in [5, 5.41) is 3.98. The molecule has 3 N–H and O–H groups in total. The van der Waals surface area contributed by atoms with Crippen LogP contribution in [-0.4, -0.2) is 18.2 Å². The minimum absolute atomic E-state index is 0.00894. The number of sulfonamides is 1. The van der Waals surface area contributed by atoms with Crippen LogP contribution in [0.5, 0.6) is 0 Å². The van der Waals surface area contributed by atoms with E-state index in [0.717, 1.165) is 17.5 Å². The molecule has 0 aliphatic carbocycles. The number of aryl methyl sites for hydroxylation is 3. The van der Waals surface area contributed by atoms with Gasteiger partial charge in [-0.25, -0.2) is 8.42 Å². The molecule has 0 spiro atoms. The number of nitrogens with zero attached hydrogens (tertiary/aromatic N) is 2. The van der Waals surface area contributed by atoms with Crippen molar-refractivity contribution >= 4 is 21.5 Å². The maximum Gasteiger partial charge on any atom is 0.267 e. The van der Waals surface area contributed by atoms with Crippen LogP contribution in [0.2, 0.25) is 0 Å². The second-order valence-electron chi connectivity index (χ2n) is 4.80. The standard InChI is InChI=1S/C14H20N4O2S/c1-4-11-8-6-7-10(3)13(11)17-21(19,20)12-9-18(5-2)16-14(12)15/h6-9,17H,4-5H2,1-3H3,(H2,15,16). The number of hydrogen-bond acceptors (Lipinski definition) is 4. The van der Waals surface area contributed by atoms with Crippen molar-refractivity contribution in [2.45, 2.75) is 38.6 Å². The molecule has 0 aliphatic rings. The van der Waals surface area contributed by atoms with Gasteiger partial charge in [-0.2, -0.15) is 5.10 Å². The highest BCUT2D eigenvalue weighted by Gasteiger charge is 2.22. The molecule has 1 aromatic carbocycles. The predicted molar refractivity (Wildman–Crippen MR) is 83.7 cm³/mol. The number of nitrogen functional groups attached to an aromatic ring is 1. The van der Waals surface area contributed by atoms with E-state index in [9.17, 15) is 8.42 Å². The van der Waals surface area contributed by atoms with E-state index < -0.39 is 10.0 Å². The molecule has 1 heterocycles. The highest BCUT2D eigenvalue weighted by molar-refractivity contribution is 7.92. The first-order chi connectivity index (χ1) is 9.89. The first kappa shape index (κ1) is 15.4. The van der Waals surface area contributed by atoms with Gasteiger partial charge in [0.1, 0.15) is 4.90 Å². The van der Waals surface area contributed by atoms with Crippen LogP contribution >= 0.6 is 0 Å². The lowest BCUT2D eigenvalue weighted by atomic mass is 10.1. The molecule has 6 nitrogen and oxygen atoms in total. The summed E-state index contributed by atoms with van der Waals surface area (Å²) in [6, 6.07) is 5.69. The largest absolute Gasteiger partial charge is 0.381 e. The van der Waals surface area contributed by atoms with Crippen LogP contribution in [0.1, 0.15) is 25.0 Å². The van der Waals surface area contributed by atoms with Crippen molar-refractivity contribution in [3.05, 3.63) is 35.5 Å². The number of nitrogens with one attached hydrogen (secondary N) is 1. The molecule has 1 aromatic heterocycles. The lowest BCUT2D eigenvalue weighted by molar-refractivity contribution is 0.600. The summed E-state index contributed by atoms with van der Waals surface area (Å²) in [7, 11) is -3.75. The average Bonchev–Trinajstić information content (AvgIpc) is 2.83. The van der Waals surface area contributed by atoms with Crippen molar-refractivity contribution in [1.29, 1.82) is 0 Å². The van der Waals surface area contributed by atoms with E-state index in [4.69, 9.17) is 5.73 Å². The van der Waals surface area contributed by atoms with E-state index in [0.29, 0.717) is 12.2 Å². The van der Waals surface area contributed by atoms with Crippen LogP contribution in [0.15, 0.2) is 29.3 Å². The Morgan fingerprint density at radius 1 is 1.33 bits per heavy atom. The molecule has 0 bridgehead atoms. The van der Waals surface area contributed by atoms with Gasteiger partial charge in [0, 0.05) is 12.7 Å². The third kappa shape index (κ3) is 3.02. The highest BCUT2D eigenvalue weighted by Crippen LogP contribution is 2.26. The zero-order chi connectivity index (χ0) is 15.6. The van der Waals surface area contributed by atoms with E-state index in [-0.39, 0.29) is 10.7 Å². The Balaban J connectivity index is 2.44. The van der Waals surface area contributed by atoms with Crippen molar-refractivity contribution in [2.75, 3.05) is 10.5 Å². The summed E-state index contributed by atoms with van der Waals surface area (Å²) in [6.07, 6.45) is 2.19. The number of aromatic nitrogens is 2. The second-order valence-corrected chi connectivity index (χ2v) is 6.45. The average molecular weight is 308 g/mol. The maximum absolute atomic E-state index is 12.5. The Bertz CT molecular complexity index is 750. The fourth-order valence-corrected chi connectivity index (χ4v) is 3.39. The van der Waals surface area contributed by atoms with E-state index in [2.05, 4.69) is 9.82 Å². The minimum atomic E-state index is -3.75. The van der Waals surface area contributed by atoms with Gasteiger partial charge < -0.3 is 5.73 Å². The molecule has 2 rings (SSSR count). The number of benzene rings is 1. The monoisotopic (exact) mass is 308 g/mol. The van der Waals surface area contributed by atoms with Crippen LogP contribution in [0, 0.1) is 6.92 Å². The Kier molecular flexibility index (Phi) is 4.22. The molecule has 0 saturated carbocycles. The zero-order valence-electron chi connectivity index (χ0n) is 12.4. The van der Waals surface area contributed by atoms with Gasteiger partial charge in [-0.05, 0) is 31.4 Å². The molecular formula is C14H20N4O2S. The van der Waals surface area contributed by atoms with Crippen LogP contribution < -0.4 is 10.5 Å². The SMILES string of the molecule is CCc1cccc(C)c1NS(=O)(=O)c1cn(CC)nc1N. The van der Waals surface area contributed by atoms with Gasteiger partial charge in [-0.1, -0.05) is 25.1 Å². The van der Waals surface area contributed by atoms with Crippen LogP contribution in [0.4, 0.5) is 11.5 Å². The lowest BCUT2D eigenvalue weighted by Gasteiger charge is -2.13. The third-order valence-electron chi connectivity index (χ3n) is 3.34. The topological polar surface area (TPSA) is 90.0 Å². The molecule has 0 fully saturated rings. The van der Waals surface area contributed by atoms with E-state index >= 15 is 0 Å². The second kappa shape index (κ2) is 5.77. The van der Waals surface area contributed by atoms with Crippen LogP contribution in [0.25, 0.3) is 0 Å². The van der Waals surface area contributed by atoms with Gasteiger partial charge in [0.25, 0.3) is 10.0 Å². The summed E-state index contributed by atoms with van der Waals surface area (Å²) in [4.78, 5) is 0.00894. The van der Waals surface area contributed by atoms with E-state index in [1.807, 2.05) is 39.0 Å². The number of anilines is 2. The Morgan fingerprint density at radius 3 is 2.62 bits per heavy atom. The normalized spacial score (nSPS) is 11.6. The van der Waals surface area contributed by atoms with Gasteiger partial charge in [0.05, 0.1) is 5.69 Å². The summed E-state index contributed by atoms with van der Waals surface area (Å²) in [5.41, 5.74) is 8.15. The Morgan fingerprint density at radius 2 is 2.05 bits per heavy atom. The molecule has 114 valence electrons. The Labute approximate surface area is 125 Å². The lowest BCUT2D eigenvalue weighted by Crippen LogP contribution is -2.16. The molecule has 0 unspecified atom stereocenters. The molecule has 2 aromatic rings. The van der Waals surface area contributed by atoms with Crippen LogP contribution in [0.3, 0.4) is 0 Å². The van der Waals surface area contributed by atoms with Gasteiger partial charge in [-0.3, -0.25) is 9.40 Å². The molecule has 7 heteroatoms. The summed E-state index contributed by atoms with van der Waals surface area (Å²) >= 11 is 0. The fraction of sp³-hybridized carbons (Fsp3) is 0.357. The molecule has 0 saturated heterocycles. The van der Waals surface area contributed by atoms with E-state index in [1.54, 1.807) is 0 Å². The van der Waals surface area contributed by atoms with Gasteiger partial charge >= 0.3 is 0 Å². The summed E-state index contributed by atoms with van der Waals surface area (Å²) < 4.78 is 29.2. The number of rotatable bonds is 5. The number of para-hydroxylation sites is 1. The van der Waals surface area contributed by atoms with Gasteiger partial charge in [0.2, 0.25) is 0 Å². The van der Waals surface area contributed by atoms with Crippen molar-refractivity contribution in [3.63, 3.8) is 0 Å². The van der Waals surface area contributed by atoms with Gasteiger partial charge in [0.15, 0.2) is 5.82 Å². The van der Waals surface area contributed by atoms with E-state index in [1.165, 1.54) is 10.9 Å². The van der Waals surface area contributed by atoms with Crippen LogP contribution in [-0.2, 0) is 23.0 Å². The summed E-state index contributed by atoms with van der Waals surface area (Å²) in [6.45, 7) is 6.28. The Hall–Kier alpha value is -2.02. The van der Waals surface area contributed by atoms with Crippen molar-refractivity contribution in [1.82, 2.24) is 9.78 Å². The van der Waals surface area contributed by atoms with Crippen molar-refractivity contribution in [2.24, 2.45) is 0 Å². The fourth-order valence-electron chi connectivity index (χ4n) is 2.15. The zero-order valence-corrected chi connectivity index (χ0v) is 13.2. The molecule has 21 heavy (non-hydrogen) atoms.